The van der Waals surface area contributed by atoms with Crippen LogP contribution in [0.1, 0.15) is 0 Å². The fourth-order valence-corrected chi connectivity index (χ4v) is 2.82. The molecule has 5 nitrogen and oxygen atoms in total. The number of hydrogen-bond acceptors (Lipinski definition) is 5. The molecular formula is C13H13BrClN5. The van der Waals surface area contributed by atoms with Crippen molar-refractivity contribution in [3.05, 3.63) is 40.3 Å². The summed E-state index contributed by atoms with van der Waals surface area (Å²) in [6.07, 6.45) is 3.51. The molecule has 1 saturated heterocycles. The van der Waals surface area contributed by atoms with Crippen molar-refractivity contribution in [1.82, 2.24) is 15.0 Å². The van der Waals surface area contributed by atoms with Crippen LogP contribution in [0.2, 0.25) is 5.28 Å². The number of halogens is 2. The van der Waals surface area contributed by atoms with E-state index < -0.39 is 0 Å². The largest absolute Gasteiger partial charge is 0.353 e. The van der Waals surface area contributed by atoms with E-state index in [0.29, 0.717) is 0 Å². The molecule has 20 heavy (non-hydrogen) atoms. The molecule has 0 atom stereocenters. The zero-order valence-electron chi connectivity index (χ0n) is 10.7. The van der Waals surface area contributed by atoms with Gasteiger partial charge in [-0.1, -0.05) is 6.07 Å². The molecule has 0 bridgehead atoms. The van der Waals surface area contributed by atoms with Gasteiger partial charge >= 0.3 is 0 Å². The molecule has 0 aromatic carbocycles. The molecule has 0 saturated carbocycles. The summed E-state index contributed by atoms with van der Waals surface area (Å²) < 4.78 is 0.869. The molecule has 3 heterocycles. The number of nitrogens with zero attached hydrogens (tertiary/aromatic N) is 5. The predicted octanol–water partition coefficient (Wildman–Crippen LogP) is 2.61. The highest BCUT2D eigenvalue weighted by atomic mass is 79.9. The second kappa shape index (κ2) is 5.93. The van der Waals surface area contributed by atoms with Crippen molar-refractivity contribution in [2.75, 3.05) is 36.0 Å². The molecule has 104 valence electrons. The van der Waals surface area contributed by atoms with Crippen LogP contribution in [-0.4, -0.2) is 41.1 Å². The van der Waals surface area contributed by atoms with Crippen LogP contribution in [0.25, 0.3) is 0 Å². The van der Waals surface area contributed by atoms with Crippen LogP contribution in [0.3, 0.4) is 0 Å². The summed E-state index contributed by atoms with van der Waals surface area (Å²) in [4.78, 5) is 17.1. The molecule has 1 fully saturated rings. The fourth-order valence-electron chi connectivity index (χ4n) is 2.25. The number of piperazine rings is 1. The van der Waals surface area contributed by atoms with Crippen LogP contribution in [0.4, 0.5) is 11.6 Å². The van der Waals surface area contributed by atoms with E-state index in [4.69, 9.17) is 11.6 Å². The third-order valence-electron chi connectivity index (χ3n) is 3.25. The van der Waals surface area contributed by atoms with Crippen molar-refractivity contribution in [1.29, 1.82) is 0 Å². The second-order valence-corrected chi connectivity index (χ2v) is 5.67. The number of pyridine rings is 1. The monoisotopic (exact) mass is 353 g/mol. The van der Waals surface area contributed by atoms with Gasteiger partial charge in [0, 0.05) is 38.6 Å². The Bertz CT molecular complexity index is 587. The topological polar surface area (TPSA) is 45.2 Å². The van der Waals surface area contributed by atoms with E-state index in [0.717, 1.165) is 42.3 Å². The summed E-state index contributed by atoms with van der Waals surface area (Å²) in [5, 5.41) is 0.273. The molecule has 2 aromatic rings. The lowest BCUT2D eigenvalue weighted by Crippen LogP contribution is -2.47. The van der Waals surface area contributed by atoms with Gasteiger partial charge in [0.15, 0.2) is 0 Å². The van der Waals surface area contributed by atoms with E-state index in [9.17, 15) is 0 Å². The summed E-state index contributed by atoms with van der Waals surface area (Å²) in [6, 6.07) is 5.97. The molecule has 1 aliphatic heterocycles. The molecule has 2 aromatic heterocycles. The smallest absolute Gasteiger partial charge is 0.224 e. The van der Waals surface area contributed by atoms with Crippen LogP contribution in [0.5, 0.6) is 0 Å². The molecule has 0 radical (unpaired) electrons. The molecule has 0 aliphatic carbocycles. The summed E-state index contributed by atoms with van der Waals surface area (Å²) in [6.45, 7) is 3.57. The molecule has 3 rings (SSSR count). The maximum Gasteiger partial charge on any atom is 0.224 e. The van der Waals surface area contributed by atoms with E-state index in [1.165, 1.54) is 0 Å². The highest BCUT2D eigenvalue weighted by molar-refractivity contribution is 9.10. The number of aromatic nitrogens is 3. The first-order valence-corrected chi connectivity index (χ1v) is 7.50. The minimum absolute atomic E-state index is 0.273. The van der Waals surface area contributed by atoms with E-state index in [-0.39, 0.29) is 5.28 Å². The Balaban J connectivity index is 1.71. The van der Waals surface area contributed by atoms with Gasteiger partial charge in [-0.3, -0.25) is 0 Å². The van der Waals surface area contributed by atoms with Crippen LogP contribution >= 0.6 is 27.5 Å². The van der Waals surface area contributed by atoms with Crippen LogP contribution in [0, 0.1) is 0 Å². The first-order valence-electron chi connectivity index (χ1n) is 6.33. The van der Waals surface area contributed by atoms with Gasteiger partial charge in [0.05, 0.1) is 4.47 Å². The molecule has 0 N–H and O–H groups in total. The van der Waals surface area contributed by atoms with Crippen molar-refractivity contribution in [2.45, 2.75) is 0 Å². The summed E-state index contributed by atoms with van der Waals surface area (Å²) in [5.74, 6) is 1.87. The number of rotatable bonds is 2. The van der Waals surface area contributed by atoms with Gasteiger partial charge in [0.1, 0.15) is 11.6 Å². The summed E-state index contributed by atoms with van der Waals surface area (Å²) in [7, 11) is 0. The Hall–Kier alpha value is -1.40. The standard InChI is InChI=1S/C13H13BrClN5/c14-10-9-17-13(15)18-12(10)20-7-5-19(6-8-20)11-3-1-2-4-16-11/h1-4,9H,5-8H2. The predicted molar refractivity (Wildman–Crippen MR) is 83.4 cm³/mol. The summed E-state index contributed by atoms with van der Waals surface area (Å²) >= 11 is 9.35. The second-order valence-electron chi connectivity index (χ2n) is 4.47. The quantitative estimate of drug-likeness (QED) is 0.776. The lowest BCUT2D eigenvalue weighted by molar-refractivity contribution is 0.640. The van der Waals surface area contributed by atoms with Gasteiger partial charge in [0.25, 0.3) is 0 Å². The molecule has 0 unspecified atom stereocenters. The lowest BCUT2D eigenvalue weighted by atomic mass is 10.3. The summed E-state index contributed by atoms with van der Waals surface area (Å²) in [5.41, 5.74) is 0. The highest BCUT2D eigenvalue weighted by Gasteiger charge is 2.21. The fraction of sp³-hybridized carbons (Fsp3) is 0.308. The van der Waals surface area contributed by atoms with Crippen molar-refractivity contribution in [2.24, 2.45) is 0 Å². The van der Waals surface area contributed by atoms with E-state index in [1.807, 2.05) is 24.4 Å². The Morgan fingerprint density at radius 3 is 2.50 bits per heavy atom. The maximum absolute atomic E-state index is 5.87. The lowest BCUT2D eigenvalue weighted by Gasteiger charge is -2.36. The van der Waals surface area contributed by atoms with E-state index in [1.54, 1.807) is 6.20 Å². The zero-order chi connectivity index (χ0) is 13.9. The molecule has 0 spiro atoms. The van der Waals surface area contributed by atoms with Gasteiger partial charge in [-0.15, -0.1) is 0 Å². The van der Waals surface area contributed by atoms with Gasteiger partial charge in [-0.25, -0.2) is 9.97 Å². The average molecular weight is 355 g/mol. The third kappa shape index (κ3) is 2.86. The van der Waals surface area contributed by atoms with Crippen molar-refractivity contribution >= 4 is 39.2 Å². The van der Waals surface area contributed by atoms with E-state index >= 15 is 0 Å². The third-order valence-corrected chi connectivity index (χ3v) is 3.99. The Labute approximate surface area is 130 Å². The van der Waals surface area contributed by atoms with Crippen molar-refractivity contribution < 1.29 is 0 Å². The molecular weight excluding hydrogens is 342 g/mol. The number of anilines is 2. The van der Waals surface area contributed by atoms with Crippen LogP contribution in [0.15, 0.2) is 35.1 Å². The Kier molecular flexibility index (Phi) is 4.03. The van der Waals surface area contributed by atoms with Gasteiger partial charge in [-0.05, 0) is 39.7 Å². The maximum atomic E-state index is 5.87. The van der Waals surface area contributed by atoms with Gasteiger partial charge in [0.2, 0.25) is 5.28 Å². The Morgan fingerprint density at radius 1 is 1.05 bits per heavy atom. The molecule has 0 amide bonds. The zero-order valence-corrected chi connectivity index (χ0v) is 13.0. The normalized spacial score (nSPS) is 15.5. The SMILES string of the molecule is Clc1ncc(Br)c(N2CCN(c3ccccn3)CC2)n1. The van der Waals surface area contributed by atoms with Crippen LogP contribution in [-0.2, 0) is 0 Å². The Morgan fingerprint density at radius 2 is 1.80 bits per heavy atom. The highest BCUT2D eigenvalue weighted by Crippen LogP contribution is 2.25. The first-order chi connectivity index (χ1) is 9.74. The van der Waals surface area contributed by atoms with Crippen molar-refractivity contribution in [3.63, 3.8) is 0 Å². The number of hydrogen-bond donors (Lipinski definition) is 0. The van der Waals surface area contributed by atoms with Gasteiger partial charge in [-0.2, -0.15) is 4.98 Å². The van der Waals surface area contributed by atoms with Crippen molar-refractivity contribution in [3.8, 4) is 0 Å². The van der Waals surface area contributed by atoms with E-state index in [2.05, 4.69) is 40.7 Å². The van der Waals surface area contributed by atoms with Crippen LogP contribution < -0.4 is 9.80 Å². The first kappa shape index (κ1) is 13.6. The molecule has 1 aliphatic rings. The minimum Gasteiger partial charge on any atom is -0.353 e. The average Bonchev–Trinajstić information content (AvgIpc) is 2.51. The van der Waals surface area contributed by atoms with Gasteiger partial charge < -0.3 is 9.80 Å². The minimum atomic E-state index is 0.273. The molecule has 7 heteroatoms.